The van der Waals surface area contributed by atoms with Crippen molar-refractivity contribution in [3.63, 3.8) is 0 Å². The molecule has 1 nitrogen and oxygen atoms in total. The zero-order chi connectivity index (χ0) is 10.0. The van der Waals surface area contributed by atoms with Gasteiger partial charge < -0.3 is 4.90 Å². The van der Waals surface area contributed by atoms with Crippen molar-refractivity contribution in [1.82, 2.24) is 4.90 Å². The number of rotatable bonds is 2. The second-order valence-corrected chi connectivity index (χ2v) is 3.14. The van der Waals surface area contributed by atoms with Gasteiger partial charge in [-0.3, -0.25) is 0 Å². The summed E-state index contributed by atoms with van der Waals surface area (Å²) in [6, 6.07) is 0. The van der Waals surface area contributed by atoms with E-state index in [1.165, 1.54) is 4.90 Å². The summed E-state index contributed by atoms with van der Waals surface area (Å²) >= 11 is 5.75. The molecule has 75 valence electrons. The van der Waals surface area contributed by atoms with Gasteiger partial charge in [0.1, 0.15) is 0 Å². The number of halogens is 3. The average molecular weight is 294 g/mol. The van der Waals surface area contributed by atoms with Crippen molar-refractivity contribution in [3.05, 3.63) is 35.2 Å². The van der Waals surface area contributed by atoms with Crippen LogP contribution in [-0.4, -0.2) is 17.9 Å². The first kappa shape index (κ1) is 14.3. The molecular formula is C9H9ClF2NY-. The molecule has 0 aromatic rings. The standard InChI is InChI=1S/C9H9ClF2N.Y/c1-6-3-8(10)7(2)13(4-6)5-9(11)12;/h3,9H,2,5H2,1H3;/q-1;. The summed E-state index contributed by atoms with van der Waals surface area (Å²) in [6.07, 6.45) is 1.97. The van der Waals surface area contributed by atoms with Crippen LogP contribution in [0.4, 0.5) is 8.78 Å². The van der Waals surface area contributed by atoms with Crippen molar-refractivity contribution >= 4 is 11.6 Å². The second-order valence-electron chi connectivity index (χ2n) is 2.74. The van der Waals surface area contributed by atoms with E-state index in [4.69, 9.17) is 11.6 Å². The summed E-state index contributed by atoms with van der Waals surface area (Å²) in [5.41, 5.74) is 1.09. The Bertz CT molecular complexity index is 287. The maximum absolute atomic E-state index is 12.1. The first-order valence-corrected chi connectivity index (χ1v) is 4.11. The van der Waals surface area contributed by atoms with Crippen molar-refractivity contribution in [3.8, 4) is 0 Å². The molecule has 0 atom stereocenters. The van der Waals surface area contributed by atoms with Crippen molar-refractivity contribution < 1.29 is 41.5 Å². The molecule has 0 amide bonds. The first-order valence-electron chi connectivity index (χ1n) is 3.73. The number of hydrogen-bond donors (Lipinski definition) is 0. The topological polar surface area (TPSA) is 3.24 Å². The van der Waals surface area contributed by atoms with E-state index in [1.807, 2.05) is 0 Å². The van der Waals surface area contributed by atoms with Crippen LogP contribution in [-0.2, 0) is 32.7 Å². The van der Waals surface area contributed by atoms with Gasteiger partial charge in [-0.25, -0.2) is 8.78 Å². The smallest absolute Gasteiger partial charge is 0.254 e. The van der Waals surface area contributed by atoms with E-state index in [1.54, 1.807) is 13.0 Å². The zero-order valence-corrected chi connectivity index (χ0v) is 11.3. The second kappa shape index (κ2) is 5.99. The van der Waals surface area contributed by atoms with Crippen LogP contribution in [0.1, 0.15) is 6.92 Å². The average Bonchev–Trinajstić information content (AvgIpc) is 1.98. The summed E-state index contributed by atoms with van der Waals surface area (Å²) in [5, 5.41) is 0.386. The number of nitrogens with zero attached hydrogens (tertiary/aromatic N) is 1. The largest absolute Gasteiger partial charge is 0.450 e. The Morgan fingerprint density at radius 2 is 2.21 bits per heavy atom. The minimum absolute atomic E-state index is 0. The Hall–Kier alpha value is 0.274. The van der Waals surface area contributed by atoms with Crippen LogP contribution in [0, 0.1) is 6.20 Å². The van der Waals surface area contributed by atoms with Crippen molar-refractivity contribution in [2.24, 2.45) is 0 Å². The molecule has 14 heavy (non-hydrogen) atoms. The molecule has 1 radical (unpaired) electrons. The SMILES string of the molecule is C=C1C(Cl)=CC(C)=[C-]N1CC(F)F.[Y]. The van der Waals surface area contributed by atoms with Crippen LogP contribution in [0.25, 0.3) is 0 Å². The van der Waals surface area contributed by atoms with Crippen LogP contribution in [0.3, 0.4) is 0 Å². The molecule has 1 rings (SSSR count). The minimum atomic E-state index is -2.42. The van der Waals surface area contributed by atoms with E-state index < -0.39 is 13.0 Å². The summed E-state index contributed by atoms with van der Waals surface area (Å²) in [4.78, 5) is 1.24. The third kappa shape index (κ3) is 3.80. The Morgan fingerprint density at radius 3 is 2.71 bits per heavy atom. The molecule has 0 aromatic heterocycles. The molecule has 0 aromatic carbocycles. The van der Waals surface area contributed by atoms with Gasteiger partial charge in [0.25, 0.3) is 6.43 Å². The zero-order valence-electron chi connectivity index (χ0n) is 7.73. The van der Waals surface area contributed by atoms with Gasteiger partial charge in [0.15, 0.2) is 0 Å². The van der Waals surface area contributed by atoms with Crippen LogP contribution in [0.15, 0.2) is 29.0 Å². The number of hydrogen-bond acceptors (Lipinski definition) is 1. The fourth-order valence-electron chi connectivity index (χ4n) is 1.01. The van der Waals surface area contributed by atoms with E-state index in [9.17, 15) is 8.78 Å². The van der Waals surface area contributed by atoms with Crippen LogP contribution < -0.4 is 0 Å². The fraction of sp³-hybridized carbons (Fsp3) is 0.333. The normalized spacial score (nSPS) is 16.4. The number of alkyl halides is 2. The molecule has 0 saturated heterocycles. The van der Waals surface area contributed by atoms with Crippen LogP contribution in [0.2, 0.25) is 0 Å². The molecule has 0 N–H and O–H groups in total. The molecule has 0 bridgehead atoms. The summed E-state index contributed by atoms with van der Waals surface area (Å²) in [5.74, 6) is 0. The van der Waals surface area contributed by atoms with Gasteiger partial charge in [0.2, 0.25) is 0 Å². The van der Waals surface area contributed by atoms with Gasteiger partial charge in [-0.15, -0.1) is 29.8 Å². The maximum Gasteiger partial charge on any atom is 0.254 e. The molecule has 0 aliphatic carbocycles. The van der Waals surface area contributed by atoms with E-state index in [-0.39, 0.29) is 32.7 Å². The van der Waals surface area contributed by atoms with Gasteiger partial charge in [-0.05, 0) is 5.03 Å². The third-order valence-corrected chi connectivity index (χ3v) is 1.90. The molecule has 0 fully saturated rings. The van der Waals surface area contributed by atoms with Crippen molar-refractivity contribution in [1.29, 1.82) is 0 Å². The fourth-order valence-corrected chi connectivity index (χ4v) is 1.27. The summed E-state index contributed by atoms with van der Waals surface area (Å²) in [6.45, 7) is 4.91. The molecular weight excluding hydrogens is 284 g/mol. The molecule has 1 heterocycles. The maximum atomic E-state index is 12.1. The van der Waals surface area contributed by atoms with E-state index in [2.05, 4.69) is 12.8 Å². The Balaban J connectivity index is 0.00000169. The van der Waals surface area contributed by atoms with E-state index in [0.29, 0.717) is 10.7 Å². The Kier molecular flexibility index (Phi) is 6.11. The van der Waals surface area contributed by atoms with E-state index in [0.717, 1.165) is 5.57 Å². The quantitative estimate of drug-likeness (QED) is 0.708. The summed E-state index contributed by atoms with van der Waals surface area (Å²) < 4.78 is 24.1. The van der Waals surface area contributed by atoms with Gasteiger partial charge in [0, 0.05) is 32.7 Å². The molecule has 0 saturated carbocycles. The molecule has 5 heteroatoms. The Labute approximate surface area is 112 Å². The number of allylic oxidation sites excluding steroid dienone is 3. The minimum Gasteiger partial charge on any atom is -0.450 e. The third-order valence-electron chi connectivity index (χ3n) is 1.58. The van der Waals surface area contributed by atoms with E-state index >= 15 is 0 Å². The van der Waals surface area contributed by atoms with Gasteiger partial charge in [0.05, 0.1) is 6.54 Å². The molecule has 0 spiro atoms. The summed E-state index contributed by atoms with van der Waals surface area (Å²) in [7, 11) is 0. The van der Waals surface area contributed by atoms with Gasteiger partial charge in [-0.1, -0.05) is 18.8 Å². The first-order chi connectivity index (χ1) is 6.00. The van der Waals surface area contributed by atoms with Crippen molar-refractivity contribution in [2.75, 3.05) is 6.54 Å². The van der Waals surface area contributed by atoms with Crippen LogP contribution in [0.5, 0.6) is 0 Å². The molecule has 1 aliphatic heterocycles. The molecule has 1 aliphatic rings. The van der Waals surface area contributed by atoms with Crippen LogP contribution >= 0.6 is 11.6 Å². The van der Waals surface area contributed by atoms with Gasteiger partial charge >= 0.3 is 0 Å². The Morgan fingerprint density at radius 1 is 1.64 bits per heavy atom. The van der Waals surface area contributed by atoms with Gasteiger partial charge in [-0.2, -0.15) is 0 Å². The predicted molar refractivity (Wildman–Crippen MR) is 48.2 cm³/mol. The predicted octanol–water partition coefficient (Wildman–Crippen LogP) is 2.91. The van der Waals surface area contributed by atoms with Crippen molar-refractivity contribution in [2.45, 2.75) is 13.3 Å². The molecule has 0 unspecified atom stereocenters. The monoisotopic (exact) mass is 293 g/mol.